The summed E-state index contributed by atoms with van der Waals surface area (Å²) in [6.07, 6.45) is 2.72. The summed E-state index contributed by atoms with van der Waals surface area (Å²) in [6.45, 7) is 6.84. The van der Waals surface area contributed by atoms with Gasteiger partial charge in [-0.3, -0.25) is 0 Å². The molecule has 0 aromatic carbocycles. The smallest absolute Gasteiger partial charge is 0 e. The van der Waals surface area contributed by atoms with Crippen LogP contribution in [0.25, 0.3) is 5.32 Å². The van der Waals surface area contributed by atoms with E-state index < -0.39 is 0 Å². The van der Waals surface area contributed by atoms with Crippen LogP contribution < -0.4 is 0 Å². The fourth-order valence-electron chi connectivity index (χ4n) is 1.50. The van der Waals surface area contributed by atoms with Gasteiger partial charge in [0.05, 0.1) is 0 Å². The second-order valence-corrected chi connectivity index (χ2v) is 3.41. The van der Waals surface area contributed by atoms with Crippen molar-refractivity contribution in [2.75, 3.05) is 13.1 Å². The van der Waals surface area contributed by atoms with Crippen LogP contribution in [-0.4, -0.2) is 13.1 Å². The monoisotopic (exact) mass is 313 g/mol. The van der Waals surface area contributed by atoms with Crippen molar-refractivity contribution in [2.45, 2.75) is 26.7 Å². The Morgan fingerprint density at radius 1 is 1.50 bits per heavy atom. The molecule has 0 amide bonds. The zero-order chi connectivity index (χ0) is 6.69. The first-order valence-corrected chi connectivity index (χ1v) is 3.92. The number of hydrogen-bond acceptors (Lipinski definition) is 0. The molecule has 0 spiro atoms. The molecule has 1 aliphatic rings. The average Bonchev–Trinajstić information content (AvgIpc) is 2.15. The second kappa shape index (κ2) is 5.30. The third-order valence-corrected chi connectivity index (χ3v) is 1.89. The molecule has 1 rings (SSSR count). The number of hydrogen-bond donors (Lipinski definition) is 0. The first-order chi connectivity index (χ1) is 4.29. The minimum absolute atomic E-state index is 0. The molecule has 1 unspecified atom stereocenters. The van der Waals surface area contributed by atoms with Crippen molar-refractivity contribution in [3.8, 4) is 0 Å². The van der Waals surface area contributed by atoms with Crippen molar-refractivity contribution < 1.29 is 20.4 Å². The van der Waals surface area contributed by atoms with E-state index in [1.165, 1.54) is 12.8 Å². The fraction of sp³-hybridized carbons (Fsp3) is 1.00. The van der Waals surface area contributed by atoms with Gasteiger partial charge in [-0.1, -0.05) is 26.2 Å². The van der Waals surface area contributed by atoms with Gasteiger partial charge in [0.2, 0.25) is 0 Å². The van der Waals surface area contributed by atoms with Crippen LogP contribution in [0.1, 0.15) is 26.7 Å². The van der Waals surface area contributed by atoms with Gasteiger partial charge >= 0.3 is 0 Å². The average molecular weight is 312 g/mol. The first-order valence-electron chi connectivity index (χ1n) is 3.92. The maximum absolute atomic E-state index is 4.32. The summed E-state index contributed by atoms with van der Waals surface area (Å²) in [6, 6.07) is 0. The van der Waals surface area contributed by atoms with E-state index in [4.69, 9.17) is 0 Å². The zero-order valence-electron chi connectivity index (χ0n) is 6.81. The summed E-state index contributed by atoms with van der Waals surface area (Å²) >= 11 is 0. The SMILES string of the molecule is CC(C)CC1CC[N-]C1.[Re]. The molecule has 10 heavy (non-hydrogen) atoms. The number of rotatable bonds is 2. The molecule has 1 aliphatic heterocycles. The molecule has 0 bridgehead atoms. The Kier molecular flexibility index (Phi) is 5.63. The summed E-state index contributed by atoms with van der Waals surface area (Å²) in [4.78, 5) is 0. The van der Waals surface area contributed by atoms with E-state index in [2.05, 4.69) is 19.2 Å². The maximum Gasteiger partial charge on any atom is 0 e. The van der Waals surface area contributed by atoms with E-state index in [-0.39, 0.29) is 20.4 Å². The molecule has 0 saturated carbocycles. The fourth-order valence-corrected chi connectivity index (χ4v) is 1.50. The Morgan fingerprint density at radius 3 is 2.60 bits per heavy atom. The van der Waals surface area contributed by atoms with Crippen LogP contribution in [0.5, 0.6) is 0 Å². The summed E-state index contributed by atoms with van der Waals surface area (Å²) in [5.41, 5.74) is 0. The van der Waals surface area contributed by atoms with Crippen molar-refractivity contribution in [2.24, 2.45) is 11.8 Å². The molecule has 2 heteroatoms. The van der Waals surface area contributed by atoms with Crippen LogP contribution in [0.3, 0.4) is 0 Å². The molecule has 1 radical (unpaired) electrons. The molecule has 0 aliphatic carbocycles. The summed E-state index contributed by atoms with van der Waals surface area (Å²) in [5.74, 6) is 1.79. The molecule has 61 valence electrons. The molecule has 0 aromatic rings. The van der Waals surface area contributed by atoms with Gasteiger partial charge < -0.3 is 5.32 Å². The molecule has 1 atom stereocenters. The van der Waals surface area contributed by atoms with Crippen LogP contribution >= 0.6 is 0 Å². The third-order valence-electron chi connectivity index (χ3n) is 1.89. The Hall–Kier alpha value is 0.622. The van der Waals surface area contributed by atoms with E-state index in [1.807, 2.05) is 0 Å². The van der Waals surface area contributed by atoms with Gasteiger partial charge in [0.25, 0.3) is 0 Å². The predicted molar refractivity (Wildman–Crippen MR) is 40.7 cm³/mol. The first kappa shape index (κ1) is 10.6. The van der Waals surface area contributed by atoms with Gasteiger partial charge in [-0.25, -0.2) is 0 Å². The molecule has 1 saturated heterocycles. The van der Waals surface area contributed by atoms with Gasteiger partial charge in [0.15, 0.2) is 0 Å². The van der Waals surface area contributed by atoms with Crippen LogP contribution in [0.4, 0.5) is 0 Å². The normalized spacial score (nSPS) is 24.9. The molecular formula is C8H16NRe-. The Balaban J connectivity index is 0.000000810. The van der Waals surface area contributed by atoms with E-state index in [9.17, 15) is 0 Å². The quantitative estimate of drug-likeness (QED) is 0.743. The van der Waals surface area contributed by atoms with Crippen molar-refractivity contribution in [1.82, 2.24) is 0 Å². The summed E-state index contributed by atoms with van der Waals surface area (Å²) in [7, 11) is 0. The second-order valence-electron chi connectivity index (χ2n) is 3.41. The Labute approximate surface area is 77.6 Å². The largest absolute Gasteiger partial charge is 0.662 e. The van der Waals surface area contributed by atoms with E-state index in [0.717, 1.165) is 24.9 Å². The van der Waals surface area contributed by atoms with Crippen molar-refractivity contribution >= 4 is 0 Å². The topological polar surface area (TPSA) is 14.1 Å². The molecule has 0 N–H and O–H groups in total. The van der Waals surface area contributed by atoms with Crippen LogP contribution in [-0.2, 0) is 20.4 Å². The third kappa shape index (κ3) is 3.71. The molecule has 0 aromatic heterocycles. The van der Waals surface area contributed by atoms with Gasteiger partial charge in [0.1, 0.15) is 0 Å². The predicted octanol–water partition coefficient (Wildman–Crippen LogP) is 2.42. The van der Waals surface area contributed by atoms with Gasteiger partial charge in [-0.2, -0.15) is 0 Å². The van der Waals surface area contributed by atoms with Crippen LogP contribution in [0.15, 0.2) is 0 Å². The standard InChI is InChI=1S/C8H16N.Re/c1-7(2)5-8-3-4-9-6-8;/h7-8H,3-6H2,1-2H3;/q-1;. The molecule has 1 fully saturated rings. The minimum Gasteiger partial charge on any atom is -0.662 e. The van der Waals surface area contributed by atoms with Crippen molar-refractivity contribution in [3.05, 3.63) is 5.32 Å². The Bertz CT molecular complexity index is 77.3. The minimum atomic E-state index is 0. The molecule has 1 heterocycles. The van der Waals surface area contributed by atoms with Crippen molar-refractivity contribution in [3.63, 3.8) is 0 Å². The van der Waals surface area contributed by atoms with Crippen LogP contribution in [0, 0.1) is 11.8 Å². The van der Waals surface area contributed by atoms with E-state index >= 15 is 0 Å². The Morgan fingerprint density at radius 2 is 2.20 bits per heavy atom. The van der Waals surface area contributed by atoms with Crippen molar-refractivity contribution in [1.29, 1.82) is 0 Å². The number of nitrogens with zero attached hydrogens (tertiary/aromatic N) is 1. The maximum atomic E-state index is 4.32. The molecular weight excluding hydrogens is 296 g/mol. The summed E-state index contributed by atoms with van der Waals surface area (Å²) in [5, 5.41) is 4.32. The van der Waals surface area contributed by atoms with Gasteiger partial charge in [-0.05, 0) is 12.3 Å². The van der Waals surface area contributed by atoms with E-state index in [0.29, 0.717) is 0 Å². The zero-order valence-corrected chi connectivity index (χ0v) is 9.52. The van der Waals surface area contributed by atoms with E-state index in [1.54, 1.807) is 0 Å². The van der Waals surface area contributed by atoms with Crippen LogP contribution in [0.2, 0.25) is 0 Å². The molecule has 1 nitrogen and oxygen atoms in total. The van der Waals surface area contributed by atoms with Gasteiger partial charge in [0, 0.05) is 20.4 Å². The van der Waals surface area contributed by atoms with Gasteiger partial charge in [-0.15, -0.1) is 13.1 Å². The summed E-state index contributed by atoms with van der Waals surface area (Å²) < 4.78 is 0.